The third kappa shape index (κ3) is 4.61. The van der Waals surface area contributed by atoms with Gasteiger partial charge in [0.1, 0.15) is 12.4 Å². The summed E-state index contributed by atoms with van der Waals surface area (Å²) < 4.78 is 49.6. The summed E-state index contributed by atoms with van der Waals surface area (Å²) in [4.78, 5) is 12.1. The van der Waals surface area contributed by atoms with Crippen LogP contribution in [0, 0.1) is 12.7 Å². The number of hydrogen-bond donors (Lipinski definition) is 1. The number of carbonyl (C=O) groups is 1. The van der Waals surface area contributed by atoms with Gasteiger partial charge in [0.2, 0.25) is 0 Å². The molecule has 3 aromatic carbocycles. The van der Waals surface area contributed by atoms with Crippen molar-refractivity contribution in [2.24, 2.45) is 0 Å². The van der Waals surface area contributed by atoms with E-state index >= 15 is 0 Å². The predicted octanol–water partition coefficient (Wildman–Crippen LogP) is 4.65. The van der Waals surface area contributed by atoms with Gasteiger partial charge in [0.05, 0.1) is 12.0 Å². The number of aromatic nitrogens is 1. The van der Waals surface area contributed by atoms with Gasteiger partial charge in [-0.25, -0.2) is 12.8 Å². The molecule has 4 rings (SSSR count). The predicted molar refractivity (Wildman–Crippen MR) is 125 cm³/mol. The Morgan fingerprint density at radius 3 is 2.45 bits per heavy atom. The third-order valence-electron chi connectivity index (χ3n) is 5.59. The van der Waals surface area contributed by atoms with E-state index in [4.69, 9.17) is 4.74 Å². The fourth-order valence-electron chi connectivity index (χ4n) is 3.96. The molecule has 4 aromatic rings. The number of nitrogens with zero attached hydrogens (tertiary/aromatic N) is 1. The minimum Gasteiger partial charge on any atom is -0.468 e. The van der Waals surface area contributed by atoms with Gasteiger partial charge < -0.3 is 9.30 Å². The van der Waals surface area contributed by atoms with Gasteiger partial charge in [-0.15, -0.1) is 0 Å². The maximum absolute atomic E-state index is 14.1. The number of methoxy groups -OCH3 is 1. The van der Waals surface area contributed by atoms with Crippen LogP contribution in [0.15, 0.2) is 77.7 Å². The van der Waals surface area contributed by atoms with Gasteiger partial charge in [-0.1, -0.05) is 36.4 Å². The SMILES string of the molecule is COC(=O)Cn1c(C)c(Cc2ccccc2S(=O)(=O)Nc2ccccc2)c2cc(F)ccc21. The number of fused-ring (bicyclic) bond motifs is 1. The lowest BCUT2D eigenvalue weighted by molar-refractivity contribution is -0.141. The molecule has 0 aliphatic carbocycles. The molecule has 0 spiro atoms. The van der Waals surface area contributed by atoms with E-state index in [1.807, 2.05) is 6.92 Å². The number of esters is 1. The summed E-state index contributed by atoms with van der Waals surface area (Å²) in [5, 5.41) is 0.625. The van der Waals surface area contributed by atoms with E-state index < -0.39 is 21.8 Å². The highest BCUT2D eigenvalue weighted by atomic mass is 32.2. The molecule has 170 valence electrons. The summed E-state index contributed by atoms with van der Waals surface area (Å²) >= 11 is 0. The number of carbonyl (C=O) groups excluding carboxylic acids is 1. The van der Waals surface area contributed by atoms with Crippen LogP contribution in [0.4, 0.5) is 10.1 Å². The van der Waals surface area contributed by atoms with Gasteiger partial charge in [0, 0.05) is 28.7 Å². The Labute approximate surface area is 191 Å². The first-order valence-corrected chi connectivity index (χ1v) is 11.8. The molecule has 1 N–H and O–H groups in total. The second-order valence-corrected chi connectivity index (χ2v) is 9.29. The lowest BCUT2D eigenvalue weighted by atomic mass is 10.0. The standard InChI is InChI=1S/C25H23FN2O4S/c1-17-21(22-15-19(26)12-13-23(22)28(17)16-25(29)32-2)14-18-8-6-7-11-24(18)33(30,31)27-20-9-4-3-5-10-20/h3-13,15,27H,14,16H2,1-2H3. The van der Waals surface area contributed by atoms with Crippen LogP contribution in [-0.4, -0.2) is 26.1 Å². The topological polar surface area (TPSA) is 77.4 Å². The minimum atomic E-state index is -3.86. The van der Waals surface area contributed by atoms with Crippen molar-refractivity contribution in [3.8, 4) is 0 Å². The number of halogens is 1. The van der Waals surface area contributed by atoms with Crippen LogP contribution in [0.5, 0.6) is 0 Å². The van der Waals surface area contributed by atoms with E-state index in [0.29, 0.717) is 22.2 Å². The molecule has 0 unspecified atom stereocenters. The van der Waals surface area contributed by atoms with E-state index in [9.17, 15) is 17.6 Å². The van der Waals surface area contributed by atoms with E-state index in [-0.39, 0.29) is 17.9 Å². The number of sulfonamides is 1. The second kappa shape index (κ2) is 9.07. The zero-order valence-electron chi connectivity index (χ0n) is 18.2. The Morgan fingerprint density at radius 2 is 1.73 bits per heavy atom. The molecule has 8 heteroatoms. The molecule has 1 aromatic heterocycles. The van der Waals surface area contributed by atoms with Crippen LogP contribution in [0.1, 0.15) is 16.8 Å². The van der Waals surface area contributed by atoms with Gasteiger partial charge in [0.15, 0.2) is 0 Å². The van der Waals surface area contributed by atoms with E-state index in [2.05, 4.69) is 4.72 Å². The van der Waals surface area contributed by atoms with Crippen LogP contribution < -0.4 is 4.72 Å². The Hall–Kier alpha value is -3.65. The molecule has 33 heavy (non-hydrogen) atoms. The van der Waals surface area contributed by atoms with Gasteiger partial charge in [0.25, 0.3) is 10.0 Å². The largest absolute Gasteiger partial charge is 0.468 e. The number of rotatable bonds is 7. The highest BCUT2D eigenvalue weighted by Crippen LogP contribution is 2.31. The van der Waals surface area contributed by atoms with Crippen molar-refractivity contribution in [1.29, 1.82) is 0 Å². The summed E-state index contributed by atoms with van der Waals surface area (Å²) in [7, 11) is -2.55. The average molecular weight is 467 g/mol. The second-order valence-electron chi connectivity index (χ2n) is 7.64. The van der Waals surface area contributed by atoms with Gasteiger partial charge in [-0.05, 0) is 54.4 Å². The first-order valence-electron chi connectivity index (χ1n) is 10.3. The summed E-state index contributed by atoms with van der Waals surface area (Å²) in [5.74, 6) is -0.841. The number of nitrogens with one attached hydrogen (secondary N) is 1. The molecule has 0 radical (unpaired) electrons. The summed E-state index contributed by atoms with van der Waals surface area (Å²) in [6, 6.07) is 19.7. The number of hydrogen-bond acceptors (Lipinski definition) is 4. The number of para-hydroxylation sites is 1. The van der Waals surface area contributed by atoms with Crippen LogP contribution in [-0.2, 0) is 32.5 Å². The Balaban J connectivity index is 1.79. The lowest BCUT2D eigenvalue weighted by Crippen LogP contribution is -2.15. The maximum Gasteiger partial charge on any atom is 0.325 e. The molecule has 0 fully saturated rings. The van der Waals surface area contributed by atoms with E-state index in [1.54, 1.807) is 65.2 Å². The molecule has 0 saturated carbocycles. The fourth-order valence-corrected chi connectivity index (χ4v) is 5.26. The minimum absolute atomic E-state index is 0.0278. The van der Waals surface area contributed by atoms with Crippen LogP contribution in [0.2, 0.25) is 0 Å². The number of ether oxygens (including phenoxy) is 1. The summed E-state index contributed by atoms with van der Waals surface area (Å²) in [5.41, 5.74) is 3.18. The molecule has 6 nitrogen and oxygen atoms in total. The van der Waals surface area contributed by atoms with Gasteiger partial charge >= 0.3 is 5.97 Å². The van der Waals surface area contributed by atoms with Crippen molar-refractivity contribution < 1.29 is 22.3 Å². The zero-order valence-corrected chi connectivity index (χ0v) is 19.0. The molecular formula is C25H23FN2O4S. The Kier molecular flexibility index (Phi) is 6.20. The van der Waals surface area contributed by atoms with E-state index in [0.717, 1.165) is 11.3 Å². The maximum atomic E-state index is 14.1. The van der Waals surface area contributed by atoms with Crippen LogP contribution in [0.3, 0.4) is 0 Å². The summed E-state index contributed by atoms with van der Waals surface area (Å²) in [6.45, 7) is 1.80. The van der Waals surface area contributed by atoms with E-state index in [1.165, 1.54) is 19.2 Å². The number of benzene rings is 3. The molecule has 1 heterocycles. The van der Waals surface area contributed by atoms with Gasteiger partial charge in [-0.3, -0.25) is 9.52 Å². The third-order valence-corrected chi connectivity index (χ3v) is 7.07. The Bertz CT molecular complexity index is 1430. The smallest absolute Gasteiger partial charge is 0.325 e. The molecule has 0 amide bonds. The van der Waals surface area contributed by atoms with Crippen molar-refractivity contribution in [3.63, 3.8) is 0 Å². The first-order chi connectivity index (χ1) is 15.8. The quantitative estimate of drug-likeness (QED) is 0.402. The summed E-state index contributed by atoms with van der Waals surface area (Å²) in [6.07, 6.45) is 0.242. The highest BCUT2D eigenvalue weighted by molar-refractivity contribution is 7.92. The first kappa shape index (κ1) is 22.5. The molecule has 0 atom stereocenters. The van der Waals surface area contributed by atoms with Crippen LogP contribution in [0.25, 0.3) is 10.9 Å². The molecule has 0 aliphatic heterocycles. The fraction of sp³-hybridized carbons (Fsp3) is 0.160. The van der Waals surface area contributed by atoms with Crippen molar-refractivity contribution in [1.82, 2.24) is 4.57 Å². The van der Waals surface area contributed by atoms with Crippen molar-refractivity contribution >= 4 is 32.6 Å². The van der Waals surface area contributed by atoms with Crippen molar-refractivity contribution in [3.05, 3.63) is 95.4 Å². The van der Waals surface area contributed by atoms with Crippen molar-refractivity contribution in [2.75, 3.05) is 11.8 Å². The average Bonchev–Trinajstić information content (AvgIpc) is 3.04. The Morgan fingerprint density at radius 1 is 1.03 bits per heavy atom. The molecule has 0 aliphatic rings. The van der Waals surface area contributed by atoms with Crippen molar-refractivity contribution in [2.45, 2.75) is 24.8 Å². The molecule has 0 bridgehead atoms. The number of anilines is 1. The zero-order chi connectivity index (χ0) is 23.6. The molecular weight excluding hydrogens is 443 g/mol. The van der Waals surface area contributed by atoms with Crippen LogP contribution >= 0.6 is 0 Å². The monoisotopic (exact) mass is 466 g/mol. The highest BCUT2D eigenvalue weighted by Gasteiger charge is 2.22. The van der Waals surface area contributed by atoms with Gasteiger partial charge in [-0.2, -0.15) is 0 Å². The lowest BCUT2D eigenvalue weighted by Gasteiger charge is -2.13. The molecule has 0 saturated heterocycles. The normalized spacial score (nSPS) is 11.5.